The van der Waals surface area contributed by atoms with Crippen LogP contribution < -0.4 is 5.32 Å². The molecule has 0 aliphatic rings. The Balaban J connectivity index is 1.69. The molecule has 1 aromatic carbocycles. The van der Waals surface area contributed by atoms with Crippen LogP contribution in [0.1, 0.15) is 46.3 Å². The molecule has 130 valence electrons. The van der Waals surface area contributed by atoms with Gasteiger partial charge < -0.3 is 14.3 Å². The van der Waals surface area contributed by atoms with Gasteiger partial charge in [-0.25, -0.2) is 0 Å². The zero-order valence-electron chi connectivity index (χ0n) is 14.4. The second-order valence-corrected chi connectivity index (χ2v) is 6.88. The molecule has 0 spiro atoms. The molecule has 1 amide bonds. The topological polar surface area (TPSA) is 68.3 Å². The van der Waals surface area contributed by atoms with Crippen molar-refractivity contribution in [3.63, 3.8) is 0 Å². The van der Waals surface area contributed by atoms with Crippen LogP contribution in [-0.4, -0.2) is 11.1 Å². The van der Waals surface area contributed by atoms with Crippen LogP contribution in [0.5, 0.6) is 0 Å². The Morgan fingerprint density at radius 2 is 2.04 bits per heavy atom. The monoisotopic (exact) mass is 356 g/mol. The lowest BCUT2D eigenvalue weighted by Gasteiger charge is -2.13. The minimum Gasteiger partial charge on any atom is -0.464 e. The fourth-order valence-electron chi connectivity index (χ4n) is 2.44. The van der Waals surface area contributed by atoms with Crippen molar-refractivity contribution in [2.75, 3.05) is 0 Å². The van der Waals surface area contributed by atoms with Gasteiger partial charge >= 0.3 is 0 Å². The standard InChI is InChI=1S/C19H20N2O3S/c1-12-10-15(24-21-12)11-25-18-7-5-4-6-16(18)19(22)20-14(3)17-9-8-13(2)23-17/h4-10,14H,11H2,1-3H3,(H,20,22). The van der Waals surface area contributed by atoms with E-state index < -0.39 is 0 Å². The Bertz CT molecular complexity index is 869. The van der Waals surface area contributed by atoms with E-state index in [0.717, 1.165) is 27.9 Å². The number of carbonyl (C=O) groups excluding carboxylic acids is 1. The molecule has 0 saturated heterocycles. The van der Waals surface area contributed by atoms with Crippen LogP contribution in [0.25, 0.3) is 0 Å². The van der Waals surface area contributed by atoms with E-state index in [2.05, 4.69) is 10.5 Å². The first-order valence-corrected chi connectivity index (χ1v) is 9.02. The van der Waals surface area contributed by atoms with Gasteiger partial charge in [0.2, 0.25) is 0 Å². The quantitative estimate of drug-likeness (QED) is 0.650. The summed E-state index contributed by atoms with van der Waals surface area (Å²) in [5.74, 6) is 2.86. The molecule has 6 heteroatoms. The van der Waals surface area contributed by atoms with Crippen molar-refractivity contribution in [1.82, 2.24) is 10.5 Å². The summed E-state index contributed by atoms with van der Waals surface area (Å²) in [5, 5.41) is 6.87. The van der Waals surface area contributed by atoms with E-state index in [9.17, 15) is 4.79 Å². The minimum atomic E-state index is -0.198. The third kappa shape index (κ3) is 4.33. The van der Waals surface area contributed by atoms with Gasteiger partial charge in [0.05, 0.1) is 23.1 Å². The van der Waals surface area contributed by atoms with E-state index in [0.29, 0.717) is 11.3 Å². The van der Waals surface area contributed by atoms with Crippen LogP contribution in [0, 0.1) is 13.8 Å². The minimum absolute atomic E-state index is 0.126. The molecule has 3 rings (SSSR count). The van der Waals surface area contributed by atoms with E-state index in [1.807, 2.05) is 63.2 Å². The maximum Gasteiger partial charge on any atom is 0.252 e. The number of carbonyl (C=O) groups is 1. The SMILES string of the molecule is Cc1cc(CSc2ccccc2C(=O)NC(C)c2ccc(C)o2)on1. The number of benzene rings is 1. The highest BCUT2D eigenvalue weighted by atomic mass is 32.2. The summed E-state index contributed by atoms with van der Waals surface area (Å²) in [5.41, 5.74) is 1.49. The lowest BCUT2D eigenvalue weighted by molar-refractivity contribution is 0.0932. The Morgan fingerprint density at radius 3 is 2.72 bits per heavy atom. The first-order chi connectivity index (χ1) is 12.0. The lowest BCUT2D eigenvalue weighted by atomic mass is 10.2. The Labute approximate surface area is 150 Å². The third-order valence-electron chi connectivity index (χ3n) is 3.71. The van der Waals surface area contributed by atoms with Gasteiger partial charge in [-0.05, 0) is 45.0 Å². The van der Waals surface area contributed by atoms with E-state index >= 15 is 0 Å². The summed E-state index contributed by atoms with van der Waals surface area (Å²) in [7, 11) is 0. The first-order valence-electron chi connectivity index (χ1n) is 8.04. The molecule has 3 aromatic rings. The van der Waals surface area contributed by atoms with Gasteiger partial charge in [0, 0.05) is 11.0 Å². The Kier molecular flexibility index (Phi) is 5.28. The fraction of sp³-hybridized carbons (Fsp3) is 0.263. The number of aromatic nitrogens is 1. The Morgan fingerprint density at radius 1 is 1.24 bits per heavy atom. The normalized spacial score (nSPS) is 12.1. The summed E-state index contributed by atoms with van der Waals surface area (Å²) in [6.07, 6.45) is 0. The van der Waals surface area contributed by atoms with Crippen molar-refractivity contribution in [2.24, 2.45) is 0 Å². The number of aryl methyl sites for hydroxylation is 2. The molecule has 2 aromatic heterocycles. The van der Waals surface area contributed by atoms with Gasteiger partial charge in [-0.3, -0.25) is 4.79 Å². The average molecular weight is 356 g/mol. The molecule has 2 heterocycles. The number of furan rings is 1. The van der Waals surface area contributed by atoms with Gasteiger partial charge in [-0.2, -0.15) is 0 Å². The summed E-state index contributed by atoms with van der Waals surface area (Å²) in [6.45, 7) is 5.68. The summed E-state index contributed by atoms with van der Waals surface area (Å²) in [4.78, 5) is 13.6. The molecule has 1 unspecified atom stereocenters. The van der Waals surface area contributed by atoms with E-state index in [-0.39, 0.29) is 11.9 Å². The van der Waals surface area contributed by atoms with Crippen molar-refractivity contribution < 1.29 is 13.7 Å². The average Bonchev–Trinajstić information content (AvgIpc) is 3.21. The lowest BCUT2D eigenvalue weighted by Crippen LogP contribution is -2.26. The third-order valence-corrected chi connectivity index (χ3v) is 4.81. The van der Waals surface area contributed by atoms with Crippen molar-refractivity contribution in [3.8, 4) is 0 Å². The highest BCUT2D eigenvalue weighted by Gasteiger charge is 2.17. The number of nitrogens with one attached hydrogen (secondary N) is 1. The number of thioether (sulfide) groups is 1. The molecule has 5 nitrogen and oxygen atoms in total. The zero-order valence-corrected chi connectivity index (χ0v) is 15.2. The van der Waals surface area contributed by atoms with Crippen LogP contribution in [0.15, 0.2) is 56.3 Å². The number of hydrogen-bond acceptors (Lipinski definition) is 5. The zero-order chi connectivity index (χ0) is 17.8. The molecule has 0 saturated carbocycles. The van der Waals surface area contributed by atoms with Gasteiger partial charge in [0.15, 0.2) is 0 Å². The smallest absolute Gasteiger partial charge is 0.252 e. The van der Waals surface area contributed by atoms with E-state index in [1.165, 1.54) is 0 Å². The molecule has 25 heavy (non-hydrogen) atoms. The maximum atomic E-state index is 12.7. The fourth-order valence-corrected chi connectivity index (χ4v) is 3.37. The maximum absolute atomic E-state index is 12.7. The van der Waals surface area contributed by atoms with Crippen molar-refractivity contribution in [3.05, 3.63) is 71.0 Å². The van der Waals surface area contributed by atoms with E-state index in [4.69, 9.17) is 8.94 Å². The molecular weight excluding hydrogens is 336 g/mol. The van der Waals surface area contributed by atoms with Crippen LogP contribution in [0.4, 0.5) is 0 Å². The van der Waals surface area contributed by atoms with Gasteiger partial charge in [-0.1, -0.05) is 17.3 Å². The summed E-state index contributed by atoms with van der Waals surface area (Å²) in [6, 6.07) is 13.0. The highest BCUT2D eigenvalue weighted by Crippen LogP contribution is 2.27. The second-order valence-electron chi connectivity index (χ2n) is 5.86. The largest absolute Gasteiger partial charge is 0.464 e. The molecule has 0 bridgehead atoms. The predicted octanol–water partition coefficient (Wildman–Crippen LogP) is 4.67. The van der Waals surface area contributed by atoms with Gasteiger partial charge in [0.25, 0.3) is 5.91 Å². The van der Waals surface area contributed by atoms with Crippen molar-refractivity contribution in [1.29, 1.82) is 0 Å². The molecule has 1 N–H and O–H groups in total. The molecular formula is C19H20N2O3S. The number of rotatable bonds is 6. The summed E-state index contributed by atoms with van der Waals surface area (Å²) >= 11 is 1.55. The predicted molar refractivity (Wildman–Crippen MR) is 96.6 cm³/mol. The Hall–Kier alpha value is -2.47. The number of amides is 1. The molecule has 0 radical (unpaired) electrons. The van der Waals surface area contributed by atoms with Crippen molar-refractivity contribution >= 4 is 17.7 Å². The van der Waals surface area contributed by atoms with Crippen LogP contribution >= 0.6 is 11.8 Å². The molecule has 1 atom stereocenters. The van der Waals surface area contributed by atoms with Crippen LogP contribution in [0.2, 0.25) is 0 Å². The van der Waals surface area contributed by atoms with E-state index in [1.54, 1.807) is 11.8 Å². The van der Waals surface area contributed by atoms with Crippen LogP contribution in [-0.2, 0) is 5.75 Å². The van der Waals surface area contributed by atoms with Crippen molar-refractivity contribution in [2.45, 2.75) is 37.5 Å². The van der Waals surface area contributed by atoms with Gasteiger partial charge in [0.1, 0.15) is 17.3 Å². The molecule has 0 fully saturated rings. The first kappa shape index (κ1) is 17.4. The van der Waals surface area contributed by atoms with Crippen LogP contribution in [0.3, 0.4) is 0 Å². The second kappa shape index (κ2) is 7.61. The number of nitrogens with zero attached hydrogens (tertiary/aromatic N) is 1. The van der Waals surface area contributed by atoms with Gasteiger partial charge in [-0.15, -0.1) is 11.8 Å². The number of hydrogen-bond donors (Lipinski definition) is 1. The molecule has 0 aliphatic carbocycles. The highest BCUT2D eigenvalue weighted by molar-refractivity contribution is 7.98. The summed E-state index contributed by atoms with van der Waals surface area (Å²) < 4.78 is 10.8. The molecule has 0 aliphatic heterocycles.